The second-order valence-corrected chi connectivity index (χ2v) is 8.86. The Labute approximate surface area is 181 Å². The van der Waals surface area contributed by atoms with Gasteiger partial charge in [-0.2, -0.15) is 0 Å². The van der Waals surface area contributed by atoms with Gasteiger partial charge in [-0.3, -0.25) is 24.6 Å². The second kappa shape index (κ2) is 6.89. The summed E-state index contributed by atoms with van der Waals surface area (Å²) in [6, 6.07) is 16.7. The molecular weight excluding hydrogens is 390 g/mol. The summed E-state index contributed by atoms with van der Waals surface area (Å²) in [5.41, 5.74) is 2.05. The van der Waals surface area contributed by atoms with Gasteiger partial charge in [0.1, 0.15) is 5.54 Å². The number of rotatable bonds is 4. The predicted molar refractivity (Wildman–Crippen MR) is 117 cm³/mol. The number of likely N-dealkylation sites (tertiary alicyclic amines) is 1. The molecule has 2 fully saturated rings. The van der Waals surface area contributed by atoms with Crippen molar-refractivity contribution in [2.24, 2.45) is 11.8 Å². The summed E-state index contributed by atoms with van der Waals surface area (Å²) in [7, 11) is 0. The highest BCUT2D eigenvalue weighted by Gasteiger charge is 2.70. The average molecular weight is 415 g/mol. The summed E-state index contributed by atoms with van der Waals surface area (Å²) < 4.78 is 0. The summed E-state index contributed by atoms with van der Waals surface area (Å²) in [6.07, 6.45) is 0. The Bertz CT molecular complexity index is 1110. The van der Waals surface area contributed by atoms with Gasteiger partial charge in [-0.05, 0) is 25.5 Å². The summed E-state index contributed by atoms with van der Waals surface area (Å²) >= 11 is 0. The van der Waals surface area contributed by atoms with Gasteiger partial charge in [0.15, 0.2) is 0 Å². The Kier molecular flexibility index (Phi) is 4.38. The summed E-state index contributed by atoms with van der Waals surface area (Å²) in [5, 5.41) is 3.40. The Morgan fingerprint density at radius 3 is 2.39 bits per heavy atom. The summed E-state index contributed by atoms with van der Waals surface area (Å²) in [5.74, 6) is -2.00. The van der Waals surface area contributed by atoms with Crippen LogP contribution in [0.3, 0.4) is 0 Å². The Hall–Kier alpha value is -3.25. The predicted octanol–water partition coefficient (Wildman–Crippen LogP) is 2.60. The fourth-order valence-corrected chi connectivity index (χ4v) is 5.52. The zero-order valence-electron chi connectivity index (χ0n) is 17.7. The number of nitrogens with one attached hydrogen (secondary N) is 1. The first-order valence-corrected chi connectivity index (χ1v) is 10.6. The lowest BCUT2D eigenvalue weighted by atomic mass is 9.76. The number of amides is 3. The van der Waals surface area contributed by atoms with Crippen molar-refractivity contribution >= 4 is 23.4 Å². The van der Waals surface area contributed by atoms with Gasteiger partial charge in [-0.1, -0.05) is 60.7 Å². The van der Waals surface area contributed by atoms with Crippen LogP contribution >= 0.6 is 0 Å². The lowest BCUT2D eigenvalue weighted by molar-refractivity contribution is -0.143. The molecule has 158 valence electrons. The molecule has 4 atom stereocenters. The van der Waals surface area contributed by atoms with Gasteiger partial charge >= 0.3 is 0 Å². The van der Waals surface area contributed by atoms with Crippen molar-refractivity contribution < 1.29 is 14.4 Å². The first-order valence-electron chi connectivity index (χ1n) is 10.6. The molecule has 2 aromatic rings. The molecule has 3 aliphatic rings. The van der Waals surface area contributed by atoms with Gasteiger partial charge in [0, 0.05) is 23.8 Å². The molecule has 1 N–H and O–H groups in total. The van der Waals surface area contributed by atoms with Gasteiger partial charge in [0.05, 0.1) is 18.4 Å². The maximum Gasteiger partial charge on any atom is 0.253 e. The first-order chi connectivity index (χ1) is 14.9. The Balaban J connectivity index is 1.60. The van der Waals surface area contributed by atoms with E-state index < -0.39 is 17.4 Å². The van der Waals surface area contributed by atoms with Crippen molar-refractivity contribution in [1.82, 2.24) is 10.2 Å². The van der Waals surface area contributed by atoms with E-state index in [9.17, 15) is 14.4 Å². The van der Waals surface area contributed by atoms with E-state index in [1.165, 1.54) is 4.90 Å². The molecule has 2 saturated heterocycles. The van der Waals surface area contributed by atoms with E-state index in [0.717, 1.165) is 22.4 Å². The molecule has 0 radical (unpaired) electrons. The molecule has 0 bridgehead atoms. The second-order valence-electron chi connectivity index (χ2n) is 8.86. The van der Waals surface area contributed by atoms with Crippen LogP contribution in [0.5, 0.6) is 0 Å². The van der Waals surface area contributed by atoms with Gasteiger partial charge in [-0.25, -0.2) is 0 Å². The average Bonchev–Trinajstić information content (AvgIpc) is 3.29. The summed E-state index contributed by atoms with van der Waals surface area (Å²) in [6.45, 7) is 8.33. The van der Waals surface area contributed by atoms with Crippen LogP contribution in [0.25, 0.3) is 0 Å². The van der Waals surface area contributed by atoms with E-state index in [-0.39, 0.29) is 30.3 Å². The zero-order valence-corrected chi connectivity index (χ0v) is 17.7. The zero-order chi connectivity index (χ0) is 21.9. The molecule has 3 heterocycles. The number of imide groups is 1. The van der Waals surface area contributed by atoms with Crippen LogP contribution in [0.1, 0.15) is 25.0 Å². The number of anilines is 1. The van der Waals surface area contributed by atoms with Crippen molar-refractivity contribution in [2.75, 3.05) is 11.4 Å². The van der Waals surface area contributed by atoms with Crippen LogP contribution in [0.2, 0.25) is 0 Å². The van der Waals surface area contributed by atoms with Crippen molar-refractivity contribution in [3.63, 3.8) is 0 Å². The van der Waals surface area contributed by atoms with E-state index >= 15 is 0 Å². The van der Waals surface area contributed by atoms with Crippen LogP contribution in [-0.4, -0.2) is 35.2 Å². The topological polar surface area (TPSA) is 69.7 Å². The Morgan fingerprint density at radius 1 is 1.00 bits per heavy atom. The van der Waals surface area contributed by atoms with Crippen molar-refractivity contribution in [1.29, 1.82) is 0 Å². The van der Waals surface area contributed by atoms with Gasteiger partial charge in [-0.15, -0.1) is 0 Å². The van der Waals surface area contributed by atoms with E-state index in [1.54, 1.807) is 4.90 Å². The SMILES string of the molecule is C=C(C)CN1C(=O)[C@]2(N[C@H](C)[C@H]3C(=O)N(Cc4ccccc4)C(=O)[C@H]32)c2ccccc21. The fourth-order valence-electron chi connectivity index (χ4n) is 5.52. The third-order valence-corrected chi connectivity index (χ3v) is 6.72. The minimum atomic E-state index is -1.23. The lowest BCUT2D eigenvalue weighted by Gasteiger charge is -2.30. The molecule has 0 saturated carbocycles. The molecule has 1 spiro atoms. The van der Waals surface area contributed by atoms with Gasteiger partial charge in [0.2, 0.25) is 11.8 Å². The van der Waals surface area contributed by atoms with Crippen molar-refractivity contribution in [3.05, 3.63) is 77.9 Å². The Morgan fingerprint density at radius 2 is 1.68 bits per heavy atom. The van der Waals surface area contributed by atoms with Crippen LogP contribution < -0.4 is 10.2 Å². The molecule has 6 heteroatoms. The first kappa shape index (κ1) is 19.7. The van der Waals surface area contributed by atoms with Crippen LogP contribution in [0.4, 0.5) is 5.69 Å². The quantitative estimate of drug-likeness (QED) is 0.616. The highest BCUT2D eigenvalue weighted by atomic mass is 16.2. The molecule has 5 rings (SSSR count). The number of nitrogens with zero attached hydrogens (tertiary/aromatic N) is 2. The monoisotopic (exact) mass is 415 g/mol. The maximum atomic E-state index is 13.9. The standard InChI is InChI=1S/C25H25N3O3/c1-15(2)13-27-19-12-8-7-11-18(19)25(24(27)31)21-20(16(3)26-25)22(29)28(23(21)30)14-17-9-5-4-6-10-17/h4-12,16,20-21,26H,1,13-14H2,2-3H3/t16-,20-,21+,25+/m1/s1. The number of hydrogen-bond donors (Lipinski definition) is 1. The van der Waals surface area contributed by atoms with E-state index in [4.69, 9.17) is 0 Å². The number of carbonyl (C=O) groups excluding carboxylic acids is 3. The van der Waals surface area contributed by atoms with Crippen LogP contribution in [0.15, 0.2) is 66.7 Å². The number of hydrogen-bond acceptors (Lipinski definition) is 4. The molecular formula is C25H25N3O3. The summed E-state index contributed by atoms with van der Waals surface area (Å²) in [4.78, 5) is 43.9. The van der Waals surface area contributed by atoms with Crippen molar-refractivity contribution in [3.8, 4) is 0 Å². The van der Waals surface area contributed by atoms with Gasteiger partial charge < -0.3 is 4.90 Å². The number of benzene rings is 2. The minimum absolute atomic E-state index is 0.182. The smallest absolute Gasteiger partial charge is 0.253 e. The number of carbonyl (C=O) groups is 3. The third-order valence-electron chi connectivity index (χ3n) is 6.72. The van der Waals surface area contributed by atoms with Crippen molar-refractivity contribution in [2.45, 2.75) is 32.0 Å². The lowest BCUT2D eigenvalue weighted by Crippen LogP contribution is -2.54. The van der Waals surface area contributed by atoms with E-state index in [2.05, 4.69) is 11.9 Å². The molecule has 2 aromatic carbocycles. The van der Waals surface area contributed by atoms with Gasteiger partial charge in [0.25, 0.3) is 5.91 Å². The maximum absolute atomic E-state index is 13.9. The number of para-hydroxylation sites is 1. The number of fused-ring (bicyclic) bond motifs is 4. The molecule has 0 unspecified atom stereocenters. The largest absolute Gasteiger partial charge is 0.306 e. The molecule has 3 aliphatic heterocycles. The molecule has 0 aromatic heterocycles. The van der Waals surface area contributed by atoms with E-state index in [1.807, 2.05) is 68.4 Å². The highest BCUT2D eigenvalue weighted by molar-refractivity contribution is 6.16. The third kappa shape index (κ3) is 2.64. The highest BCUT2D eigenvalue weighted by Crippen LogP contribution is 2.54. The van der Waals surface area contributed by atoms with Crippen LogP contribution in [0, 0.1) is 11.8 Å². The van der Waals surface area contributed by atoms with E-state index in [0.29, 0.717) is 6.54 Å². The molecule has 31 heavy (non-hydrogen) atoms. The minimum Gasteiger partial charge on any atom is -0.306 e. The molecule has 6 nitrogen and oxygen atoms in total. The fraction of sp³-hybridized carbons (Fsp3) is 0.320. The molecule has 3 amide bonds. The molecule has 0 aliphatic carbocycles. The van der Waals surface area contributed by atoms with Crippen LogP contribution in [-0.2, 0) is 26.5 Å². The normalized spacial score (nSPS) is 29.1.